The van der Waals surface area contributed by atoms with Crippen LogP contribution in [0.4, 0.5) is 0 Å². The Hall–Kier alpha value is -0.760. The van der Waals surface area contributed by atoms with E-state index in [-0.39, 0.29) is 11.7 Å². The fraction of sp³-hybridized carbons (Fsp3) is 0.500. The number of benzene rings is 1. The van der Waals surface area contributed by atoms with Crippen LogP contribution in [-0.4, -0.2) is 26.2 Å². The van der Waals surface area contributed by atoms with Crippen LogP contribution in [0, 0.1) is 5.92 Å². The Labute approximate surface area is 110 Å². The average Bonchev–Trinajstić information content (AvgIpc) is 2.42. The minimum atomic E-state index is -1.04. The molecule has 100 valence electrons. The molecule has 18 heavy (non-hydrogen) atoms. The van der Waals surface area contributed by atoms with Crippen LogP contribution >= 0.6 is 8.38 Å². The highest BCUT2D eigenvalue weighted by molar-refractivity contribution is 7.48. The van der Waals surface area contributed by atoms with Crippen LogP contribution < -0.4 is 0 Å². The number of carbonyl (C=O) groups excluding carboxylic acids is 1. The second kappa shape index (κ2) is 8.36. The number of Topliss-reactive ketones (excluding diaryl/α,β-unsaturated/α-hetero) is 1. The molecule has 0 aliphatic rings. The molecule has 1 unspecified atom stereocenters. The van der Waals surface area contributed by atoms with Gasteiger partial charge in [-0.25, -0.2) is 0 Å². The second-order valence-corrected chi connectivity index (χ2v) is 5.96. The van der Waals surface area contributed by atoms with Crippen molar-refractivity contribution in [3.8, 4) is 0 Å². The summed E-state index contributed by atoms with van der Waals surface area (Å²) in [4.78, 5) is 11.9. The lowest BCUT2D eigenvalue weighted by Crippen LogP contribution is -2.16. The summed E-state index contributed by atoms with van der Waals surface area (Å²) in [5, 5.41) is 0. The van der Waals surface area contributed by atoms with Crippen molar-refractivity contribution in [3.63, 3.8) is 0 Å². The molecule has 1 atom stereocenters. The van der Waals surface area contributed by atoms with Gasteiger partial charge < -0.3 is 9.05 Å². The summed E-state index contributed by atoms with van der Waals surface area (Å²) in [7, 11) is 2.12. The van der Waals surface area contributed by atoms with Crippen molar-refractivity contribution in [2.45, 2.75) is 19.8 Å². The van der Waals surface area contributed by atoms with E-state index in [4.69, 9.17) is 9.05 Å². The molecule has 0 fully saturated rings. The predicted octanol–water partition coefficient (Wildman–Crippen LogP) is 3.43. The van der Waals surface area contributed by atoms with E-state index >= 15 is 0 Å². The smallest absolute Gasteiger partial charge is 0.177 e. The molecule has 0 saturated heterocycles. The Morgan fingerprint density at radius 3 is 2.39 bits per heavy atom. The molecule has 0 aliphatic heterocycles. The van der Waals surface area contributed by atoms with E-state index in [9.17, 15) is 4.79 Å². The lowest BCUT2D eigenvalue weighted by molar-refractivity contribution is -0.120. The van der Waals surface area contributed by atoms with Crippen molar-refractivity contribution in [1.82, 2.24) is 0 Å². The fourth-order valence-corrected chi connectivity index (χ4v) is 2.65. The van der Waals surface area contributed by atoms with E-state index in [1.807, 2.05) is 25.1 Å². The molecule has 0 heterocycles. The molecular weight excluding hydrogens is 247 g/mol. The van der Waals surface area contributed by atoms with Crippen LogP contribution in [0.2, 0.25) is 0 Å². The van der Waals surface area contributed by atoms with Gasteiger partial charge in [-0.05, 0) is 18.4 Å². The summed E-state index contributed by atoms with van der Waals surface area (Å²) in [6, 6.07) is 10.2. The van der Waals surface area contributed by atoms with Crippen molar-refractivity contribution in [1.29, 1.82) is 0 Å². The molecule has 0 N–H and O–H groups in total. The number of ketones is 1. The number of hydrogen-bond donors (Lipinski definition) is 0. The van der Waals surface area contributed by atoms with E-state index in [1.165, 1.54) is 5.56 Å². The minimum absolute atomic E-state index is 0.0560. The summed E-state index contributed by atoms with van der Waals surface area (Å²) in [6.07, 6.45) is 2.20. The van der Waals surface area contributed by atoms with Crippen molar-refractivity contribution in [2.75, 3.05) is 20.4 Å². The zero-order valence-electron chi connectivity index (χ0n) is 11.3. The van der Waals surface area contributed by atoms with Crippen molar-refractivity contribution in [3.05, 3.63) is 35.9 Å². The predicted molar refractivity (Wildman–Crippen MR) is 74.7 cm³/mol. The second-order valence-electron chi connectivity index (χ2n) is 4.25. The van der Waals surface area contributed by atoms with Crippen molar-refractivity contribution >= 4 is 14.2 Å². The monoisotopic (exact) mass is 268 g/mol. The number of carbonyl (C=O) groups is 1. The van der Waals surface area contributed by atoms with Crippen LogP contribution in [0.15, 0.2) is 30.3 Å². The minimum Gasteiger partial charge on any atom is -0.337 e. The van der Waals surface area contributed by atoms with E-state index < -0.39 is 8.38 Å². The topological polar surface area (TPSA) is 35.5 Å². The number of aryl methyl sites for hydroxylation is 1. The molecular formula is C14H21O3P. The molecule has 4 heteroatoms. The van der Waals surface area contributed by atoms with Gasteiger partial charge in [0.2, 0.25) is 0 Å². The van der Waals surface area contributed by atoms with Crippen molar-refractivity contribution < 1.29 is 13.8 Å². The normalized spacial score (nSPS) is 12.7. The van der Waals surface area contributed by atoms with Crippen LogP contribution in [-0.2, 0) is 20.3 Å². The highest BCUT2D eigenvalue weighted by Gasteiger charge is 2.18. The summed E-state index contributed by atoms with van der Waals surface area (Å²) >= 11 is 0. The van der Waals surface area contributed by atoms with Gasteiger partial charge in [-0.15, -0.1) is 0 Å². The average molecular weight is 268 g/mol. The number of rotatable bonds is 8. The molecule has 0 saturated carbocycles. The maximum absolute atomic E-state index is 11.9. The van der Waals surface area contributed by atoms with E-state index in [1.54, 1.807) is 14.2 Å². The van der Waals surface area contributed by atoms with Crippen LogP contribution in [0.3, 0.4) is 0 Å². The van der Waals surface area contributed by atoms with E-state index in [0.29, 0.717) is 6.16 Å². The van der Waals surface area contributed by atoms with Gasteiger partial charge in [-0.3, -0.25) is 4.79 Å². The molecule has 1 aromatic carbocycles. The third-order valence-corrected chi connectivity index (χ3v) is 4.34. The van der Waals surface area contributed by atoms with Crippen LogP contribution in [0.25, 0.3) is 0 Å². The first-order chi connectivity index (χ1) is 8.67. The quantitative estimate of drug-likeness (QED) is 0.678. The zero-order valence-corrected chi connectivity index (χ0v) is 12.2. The van der Waals surface area contributed by atoms with E-state index in [2.05, 4.69) is 12.1 Å². The van der Waals surface area contributed by atoms with Gasteiger partial charge in [0, 0.05) is 20.1 Å². The molecule has 0 bridgehead atoms. The lowest BCUT2D eigenvalue weighted by Gasteiger charge is -2.14. The maximum atomic E-state index is 11.9. The first kappa shape index (κ1) is 15.3. The summed E-state index contributed by atoms with van der Waals surface area (Å²) in [5.41, 5.74) is 1.28. The van der Waals surface area contributed by atoms with Gasteiger partial charge in [0.1, 0.15) is 5.78 Å². The standard InChI is InChI=1S/C14H21O3P/c1-12(14(15)11-18(16-2)17-3)9-10-13-7-5-4-6-8-13/h4-8,12H,9-11H2,1-3H3. The highest BCUT2D eigenvalue weighted by atomic mass is 31.2. The molecule has 0 aromatic heterocycles. The van der Waals surface area contributed by atoms with Crippen LogP contribution in [0.1, 0.15) is 18.9 Å². The van der Waals surface area contributed by atoms with Crippen molar-refractivity contribution in [2.24, 2.45) is 5.92 Å². The molecule has 1 aromatic rings. The molecule has 0 radical (unpaired) electrons. The molecule has 0 aliphatic carbocycles. The summed E-state index contributed by atoms with van der Waals surface area (Å²) in [6.45, 7) is 1.98. The Kier molecular flexibility index (Phi) is 7.11. The lowest BCUT2D eigenvalue weighted by atomic mass is 9.98. The highest BCUT2D eigenvalue weighted by Crippen LogP contribution is 2.36. The van der Waals surface area contributed by atoms with Gasteiger partial charge >= 0.3 is 0 Å². The fourth-order valence-electron chi connectivity index (χ4n) is 1.68. The first-order valence-electron chi connectivity index (χ1n) is 6.09. The van der Waals surface area contributed by atoms with Gasteiger partial charge in [0.05, 0.1) is 6.16 Å². The largest absolute Gasteiger partial charge is 0.337 e. The third-order valence-electron chi connectivity index (χ3n) is 2.95. The van der Waals surface area contributed by atoms with Gasteiger partial charge in [0.15, 0.2) is 8.38 Å². The molecule has 3 nitrogen and oxygen atoms in total. The van der Waals surface area contributed by atoms with Gasteiger partial charge in [-0.1, -0.05) is 37.3 Å². The maximum Gasteiger partial charge on any atom is 0.177 e. The zero-order chi connectivity index (χ0) is 13.4. The summed E-state index contributed by atoms with van der Waals surface area (Å²) in [5.74, 6) is 0.279. The molecule has 0 spiro atoms. The SMILES string of the molecule is COP(CC(=O)C(C)CCc1ccccc1)OC. The van der Waals surface area contributed by atoms with Gasteiger partial charge in [-0.2, -0.15) is 0 Å². The van der Waals surface area contributed by atoms with Crippen LogP contribution in [0.5, 0.6) is 0 Å². The Bertz CT molecular complexity index is 349. The third kappa shape index (κ3) is 5.26. The summed E-state index contributed by atoms with van der Waals surface area (Å²) < 4.78 is 10.2. The molecule has 1 rings (SSSR count). The molecule has 0 amide bonds. The first-order valence-corrected chi connectivity index (χ1v) is 7.46. The number of hydrogen-bond acceptors (Lipinski definition) is 3. The van der Waals surface area contributed by atoms with E-state index in [0.717, 1.165) is 12.8 Å². The Morgan fingerprint density at radius 1 is 1.22 bits per heavy atom. The Balaban J connectivity index is 2.36. The van der Waals surface area contributed by atoms with Gasteiger partial charge in [0.25, 0.3) is 0 Å². The Morgan fingerprint density at radius 2 is 1.83 bits per heavy atom.